The number of furan rings is 1. The number of anilines is 1. The first-order valence-electron chi connectivity index (χ1n) is 8.03. The summed E-state index contributed by atoms with van der Waals surface area (Å²) < 4.78 is 10.9. The maximum absolute atomic E-state index is 11.9. The number of carbonyl (C=O) groups is 1. The molecule has 1 aromatic carbocycles. The van der Waals surface area contributed by atoms with Crippen LogP contribution in [0.2, 0.25) is 0 Å². The molecule has 2 aromatic rings. The minimum Gasteiger partial charge on any atom is -0.491 e. The normalized spacial score (nSPS) is 12.5. The molecule has 0 spiro atoms. The van der Waals surface area contributed by atoms with Crippen LogP contribution in [-0.2, 0) is 4.79 Å². The van der Waals surface area contributed by atoms with Crippen LogP contribution in [0.25, 0.3) is 6.08 Å². The number of hydrogen-bond acceptors (Lipinski definition) is 5. The number of nitrogens with one attached hydrogen (secondary N) is 1. The number of hydrogen-bond donors (Lipinski definition) is 2. The standard InChI is InChI=1S/C19H24N2O4/c1-14-4-7-18(25-14)10-11-19(23)20-15-5-8-17(9-6-15)24-13-16(22)12-21(2)3/h4-11,16,22H,12-13H2,1-3H3,(H,20,23)/b11-10+. The molecule has 25 heavy (non-hydrogen) atoms. The third-order valence-electron chi connectivity index (χ3n) is 3.30. The van der Waals surface area contributed by atoms with E-state index < -0.39 is 6.10 Å². The second kappa shape index (κ2) is 9.05. The number of aliphatic hydroxyl groups excluding tert-OH is 1. The van der Waals surface area contributed by atoms with Gasteiger partial charge in [0.05, 0.1) is 0 Å². The van der Waals surface area contributed by atoms with E-state index in [1.165, 1.54) is 6.08 Å². The lowest BCUT2D eigenvalue weighted by Gasteiger charge is -2.16. The third kappa shape index (κ3) is 6.82. The fraction of sp³-hybridized carbons (Fsp3) is 0.316. The summed E-state index contributed by atoms with van der Waals surface area (Å²) in [5.74, 6) is 1.82. The first-order chi connectivity index (χ1) is 11.9. The Morgan fingerprint density at radius 1 is 1.28 bits per heavy atom. The Morgan fingerprint density at radius 3 is 2.60 bits per heavy atom. The maximum Gasteiger partial charge on any atom is 0.248 e. The van der Waals surface area contributed by atoms with Crippen molar-refractivity contribution in [1.82, 2.24) is 4.90 Å². The SMILES string of the molecule is Cc1ccc(/C=C/C(=O)Nc2ccc(OCC(O)CN(C)C)cc2)o1. The van der Waals surface area contributed by atoms with Crippen molar-refractivity contribution in [3.63, 3.8) is 0 Å². The molecule has 0 saturated carbocycles. The summed E-state index contributed by atoms with van der Waals surface area (Å²) in [6.07, 6.45) is 2.48. The van der Waals surface area contributed by atoms with Gasteiger partial charge in [0.15, 0.2) is 0 Å². The van der Waals surface area contributed by atoms with E-state index in [2.05, 4.69) is 5.32 Å². The van der Waals surface area contributed by atoms with E-state index in [9.17, 15) is 9.90 Å². The topological polar surface area (TPSA) is 74.9 Å². The van der Waals surface area contributed by atoms with E-state index in [-0.39, 0.29) is 12.5 Å². The molecule has 1 aromatic heterocycles. The molecule has 6 nitrogen and oxygen atoms in total. The lowest BCUT2D eigenvalue weighted by atomic mass is 10.3. The molecule has 2 N–H and O–H groups in total. The minimum atomic E-state index is -0.551. The summed E-state index contributed by atoms with van der Waals surface area (Å²) in [7, 11) is 3.78. The number of likely N-dealkylation sites (N-methyl/N-ethyl adjacent to an activating group) is 1. The number of rotatable bonds is 8. The highest BCUT2D eigenvalue weighted by molar-refractivity contribution is 6.01. The van der Waals surface area contributed by atoms with E-state index >= 15 is 0 Å². The zero-order chi connectivity index (χ0) is 18.2. The summed E-state index contributed by atoms with van der Waals surface area (Å²) in [6, 6.07) is 10.6. The van der Waals surface area contributed by atoms with Crippen molar-refractivity contribution < 1.29 is 19.1 Å². The molecule has 0 radical (unpaired) electrons. The summed E-state index contributed by atoms with van der Waals surface area (Å²) in [6.45, 7) is 2.60. The molecule has 1 heterocycles. The Morgan fingerprint density at radius 2 is 2.00 bits per heavy atom. The third-order valence-corrected chi connectivity index (χ3v) is 3.30. The Balaban J connectivity index is 1.81. The van der Waals surface area contributed by atoms with Crippen molar-refractivity contribution in [3.05, 3.63) is 54.0 Å². The molecule has 0 fully saturated rings. The van der Waals surface area contributed by atoms with Crippen LogP contribution in [-0.4, -0.2) is 49.3 Å². The summed E-state index contributed by atoms with van der Waals surface area (Å²) in [4.78, 5) is 13.8. The van der Waals surface area contributed by atoms with Crippen molar-refractivity contribution in [2.75, 3.05) is 32.6 Å². The predicted molar refractivity (Wildman–Crippen MR) is 97.6 cm³/mol. The van der Waals surface area contributed by atoms with Gasteiger partial charge in [0.25, 0.3) is 0 Å². The van der Waals surface area contributed by atoms with Crippen molar-refractivity contribution in [1.29, 1.82) is 0 Å². The molecule has 0 bridgehead atoms. The molecular weight excluding hydrogens is 320 g/mol. The van der Waals surface area contributed by atoms with Gasteiger partial charge in [-0.05, 0) is 63.5 Å². The van der Waals surface area contributed by atoms with Crippen molar-refractivity contribution >= 4 is 17.7 Å². The van der Waals surface area contributed by atoms with Crippen LogP contribution in [0.4, 0.5) is 5.69 Å². The number of aliphatic hydroxyl groups is 1. The Labute approximate surface area is 147 Å². The fourth-order valence-electron chi connectivity index (χ4n) is 2.19. The number of ether oxygens (including phenoxy) is 1. The molecule has 0 aliphatic heterocycles. The Bertz CT molecular complexity index is 704. The number of amides is 1. The lowest BCUT2D eigenvalue weighted by Crippen LogP contribution is -2.30. The summed E-state index contributed by atoms with van der Waals surface area (Å²) in [5, 5.41) is 12.5. The summed E-state index contributed by atoms with van der Waals surface area (Å²) >= 11 is 0. The summed E-state index contributed by atoms with van der Waals surface area (Å²) in [5.41, 5.74) is 0.659. The van der Waals surface area contributed by atoms with Crippen LogP contribution < -0.4 is 10.1 Å². The van der Waals surface area contributed by atoms with Gasteiger partial charge in [-0.2, -0.15) is 0 Å². The Hall–Kier alpha value is -2.57. The van der Waals surface area contributed by atoms with Crippen LogP contribution in [0.15, 0.2) is 46.9 Å². The monoisotopic (exact) mass is 344 g/mol. The fourth-order valence-corrected chi connectivity index (χ4v) is 2.19. The first-order valence-corrected chi connectivity index (χ1v) is 8.03. The van der Waals surface area contributed by atoms with Gasteiger partial charge in [-0.25, -0.2) is 0 Å². The van der Waals surface area contributed by atoms with Gasteiger partial charge in [0.1, 0.15) is 30.0 Å². The van der Waals surface area contributed by atoms with Gasteiger partial charge < -0.3 is 24.5 Å². The molecule has 0 saturated heterocycles. The maximum atomic E-state index is 11.9. The van der Waals surface area contributed by atoms with E-state index in [0.717, 1.165) is 5.76 Å². The molecule has 0 aliphatic carbocycles. The molecule has 1 unspecified atom stereocenters. The minimum absolute atomic E-state index is 0.217. The van der Waals surface area contributed by atoms with Gasteiger partial charge in [0.2, 0.25) is 5.91 Å². The Kier molecular flexibility index (Phi) is 6.80. The molecule has 6 heteroatoms. The number of benzene rings is 1. The van der Waals surface area contributed by atoms with Gasteiger partial charge >= 0.3 is 0 Å². The number of carbonyl (C=O) groups excluding carboxylic acids is 1. The van der Waals surface area contributed by atoms with E-state index in [1.807, 2.05) is 32.0 Å². The lowest BCUT2D eigenvalue weighted by molar-refractivity contribution is -0.111. The van der Waals surface area contributed by atoms with Crippen LogP contribution in [0.5, 0.6) is 5.75 Å². The molecule has 2 rings (SSSR count). The smallest absolute Gasteiger partial charge is 0.248 e. The van der Waals surface area contributed by atoms with E-state index in [4.69, 9.17) is 9.15 Å². The molecule has 134 valence electrons. The molecule has 1 amide bonds. The molecule has 1 atom stereocenters. The van der Waals surface area contributed by atoms with E-state index in [1.54, 1.807) is 36.4 Å². The molecular formula is C19H24N2O4. The average Bonchev–Trinajstić information content (AvgIpc) is 2.97. The van der Waals surface area contributed by atoms with Crippen LogP contribution in [0.3, 0.4) is 0 Å². The number of nitrogens with zero attached hydrogens (tertiary/aromatic N) is 1. The van der Waals surface area contributed by atoms with Gasteiger partial charge in [-0.3, -0.25) is 4.79 Å². The largest absolute Gasteiger partial charge is 0.491 e. The van der Waals surface area contributed by atoms with Gasteiger partial charge in [-0.15, -0.1) is 0 Å². The van der Waals surface area contributed by atoms with Gasteiger partial charge in [-0.1, -0.05) is 0 Å². The highest BCUT2D eigenvalue weighted by atomic mass is 16.5. The van der Waals surface area contributed by atoms with Crippen LogP contribution >= 0.6 is 0 Å². The zero-order valence-electron chi connectivity index (χ0n) is 14.7. The van der Waals surface area contributed by atoms with Crippen molar-refractivity contribution in [3.8, 4) is 5.75 Å². The van der Waals surface area contributed by atoms with Crippen molar-refractivity contribution in [2.45, 2.75) is 13.0 Å². The van der Waals surface area contributed by atoms with Crippen LogP contribution in [0.1, 0.15) is 11.5 Å². The van der Waals surface area contributed by atoms with Crippen LogP contribution in [0, 0.1) is 6.92 Å². The highest BCUT2D eigenvalue weighted by Gasteiger charge is 2.06. The van der Waals surface area contributed by atoms with E-state index in [0.29, 0.717) is 23.7 Å². The zero-order valence-corrected chi connectivity index (χ0v) is 14.7. The van der Waals surface area contributed by atoms with Crippen molar-refractivity contribution in [2.24, 2.45) is 0 Å². The predicted octanol–water partition coefficient (Wildman–Crippen LogP) is 2.54. The number of aryl methyl sites for hydroxylation is 1. The average molecular weight is 344 g/mol. The highest BCUT2D eigenvalue weighted by Crippen LogP contribution is 2.16. The quantitative estimate of drug-likeness (QED) is 0.720. The second-order valence-electron chi connectivity index (χ2n) is 6.02. The first kappa shape index (κ1) is 18.8. The van der Waals surface area contributed by atoms with Gasteiger partial charge in [0, 0.05) is 18.3 Å². The molecule has 0 aliphatic rings. The second-order valence-corrected chi connectivity index (χ2v) is 6.02.